The number of aliphatic carboxylic acids is 1. The van der Waals surface area contributed by atoms with Crippen molar-refractivity contribution in [2.45, 2.75) is 66.0 Å². The summed E-state index contributed by atoms with van der Waals surface area (Å²) >= 11 is 0. The molecule has 166 valence electrons. The SMILES string of the molecule is CCCCCN(C(=O)OC(C)(C)C)c1nc(N(C)CC)c2ncn(CC(=O)O)c2n1. The molecule has 0 aromatic carbocycles. The van der Waals surface area contributed by atoms with E-state index in [1.165, 1.54) is 15.8 Å². The molecule has 2 heterocycles. The van der Waals surface area contributed by atoms with Crippen LogP contribution < -0.4 is 9.80 Å². The zero-order valence-corrected chi connectivity index (χ0v) is 18.7. The van der Waals surface area contributed by atoms with Crippen molar-refractivity contribution in [2.24, 2.45) is 0 Å². The van der Waals surface area contributed by atoms with Gasteiger partial charge in [-0.2, -0.15) is 9.97 Å². The van der Waals surface area contributed by atoms with E-state index in [4.69, 9.17) is 4.74 Å². The number of anilines is 2. The van der Waals surface area contributed by atoms with E-state index in [0.717, 1.165) is 19.3 Å². The van der Waals surface area contributed by atoms with Gasteiger partial charge < -0.3 is 19.3 Å². The molecule has 0 saturated carbocycles. The monoisotopic (exact) mass is 420 g/mol. The van der Waals surface area contributed by atoms with E-state index < -0.39 is 17.7 Å². The van der Waals surface area contributed by atoms with Crippen LogP contribution in [-0.4, -0.2) is 62.4 Å². The van der Waals surface area contributed by atoms with Crippen LogP contribution in [0.3, 0.4) is 0 Å². The number of amides is 1. The molecule has 0 unspecified atom stereocenters. The van der Waals surface area contributed by atoms with Crippen LogP contribution in [0.25, 0.3) is 11.2 Å². The van der Waals surface area contributed by atoms with Gasteiger partial charge in [0, 0.05) is 20.1 Å². The van der Waals surface area contributed by atoms with Crippen LogP contribution in [0.4, 0.5) is 16.6 Å². The number of ether oxygens (including phenoxy) is 1. The Bertz CT molecular complexity index is 889. The maximum atomic E-state index is 12.9. The first-order valence-corrected chi connectivity index (χ1v) is 10.2. The number of carboxylic acid groups (broad SMARTS) is 1. The molecule has 0 aliphatic carbocycles. The van der Waals surface area contributed by atoms with Crippen LogP contribution in [0.5, 0.6) is 0 Å². The summed E-state index contributed by atoms with van der Waals surface area (Å²) in [5, 5.41) is 9.22. The molecule has 10 heteroatoms. The second kappa shape index (κ2) is 9.73. The van der Waals surface area contributed by atoms with E-state index >= 15 is 0 Å². The summed E-state index contributed by atoms with van der Waals surface area (Å²) in [6.45, 7) is 10.2. The Balaban J connectivity index is 2.59. The molecule has 0 bridgehead atoms. The average molecular weight is 421 g/mol. The van der Waals surface area contributed by atoms with Crippen molar-refractivity contribution in [3.05, 3.63) is 6.33 Å². The van der Waals surface area contributed by atoms with Crippen molar-refractivity contribution in [3.8, 4) is 0 Å². The molecule has 0 atom stereocenters. The Labute approximate surface area is 176 Å². The summed E-state index contributed by atoms with van der Waals surface area (Å²) in [6, 6.07) is 0. The lowest BCUT2D eigenvalue weighted by molar-refractivity contribution is -0.137. The predicted octanol–water partition coefficient (Wildman–Crippen LogP) is 3.30. The molecule has 30 heavy (non-hydrogen) atoms. The molecule has 0 radical (unpaired) electrons. The number of rotatable bonds is 9. The molecule has 1 N–H and O–H groups in total. The minimum atomic E-state index is -1.01. The Morgan fingerprint density at radius 2 is 1.90 bits per heavy atom. The number of fused-ring (bicyclic) bond motifs is 1. The molecule has 0 fully saturated rings. The quantitative estimate of drug-likeness (QED) is 0.615. The first-order chi connectivity index (χ1) is 14.1. The van der Waals surface area contributed by atoms with E-state index in [-0.39, 0.29) is 12.5 Å². The number of imidazole rings is 1. The lowest BCUT2D eigenvalue weighted by Gasteiger charge is -2.27. The first-order valence-electron chi connectivity index (χ1n) is 10.2. The molecular weight excluding hydrogens is 388 g/mol. The van der Waals surface area contributed by atoms with Crippen LogP contribution in [0.15, 0.2) is 6.33 Å². The Morgan fingerprint density at radius 3 is 2.47 bits per heavy atom. The maximum absolute atomic E-state index is 12.9. The van der Waals surface area contributed by atoms with Crippen LogP contribution in [0.2, 0.25) is 0 Å². The molecule has 0 aliphatic rings. The topological polar surface area (TPSA) is 114 Å². The van der Waals surface area contributed by atoms with E-state index in [2.05, 4.69) is 21.9 Å². The van der Waals surface area contributed by atoms with Crippen LogP contribution >= 0.6 is 0 Å². The zero-order chi connectivity index (χ0) is 22.5. The average Bonchev–Trinajstić information content (AvgIpc) is 3.04. The van der Waals surface area contributed by atoms with Gasteiger partial charge in [0.1, 0.15) is 12.1 Å². The molecule has 0 saturated heterocycles. The second-order valence-electron chi connectivity index (χ2n) is 8.14. The summed E-state index contributed by atoms with van der Waals surface area (Å²) in [6.07, 6.45) is 3.61. The Hall–Kier alpha value is -2.91. The largest absolute Gasteiger partial charge is 0.480 e. The van der Waals surface area contributed by atoms with Gasteiger partial charge in [-0.15, -0.1) is 0 Å². The van der Waals surface area contributed by atoms with Gasteiger partial charge in [-0.1, -0.05) is 19.8 Å². The number of unbranched alkanes of at least 4 members (excludes halogenated alkanes) is 2. The number of hydrogen-bond donors (Lipinski definition) is 1. The minimum absolute atomic E-state index is 0.176. The lowest BCUT2D eigenvalue weighted by atomic mass is 10.2. The maximum Gasteiger partial charge on any atom is 0.417 e. The highest BCUT2D eigenvalue weighted by Crippen LogP contribution is 2.26. The highest BCUT2D eigenvalue weighted by atomic mass is 16.6. The van der Waals surface area contributed by atoms with Gasteiger partial charge in [0.25, 0.3) is 0 Å². The molecule has 1 amide bonds. The number of carboxylic acids is 1. The van der Waals surface area contributed by atoms with Crippen molar-refractivity contribution in [1.29, 1.82) is 0 Å². The zero-order valence-electron chi connectivity index (χ0n) is 18.7. The molecule has 0 spiro atoms. The van der Waals surface area contributed by atoms with E-state index in [0.29, 0.717) is 30.1 Å². The fourth-order valence-corrected chi connectivity index (χ4v) is 2.83. The van der Waals surface area contributed by atoms with Crippen molar-refractivity contribution in [2.75, 3.05) is 29.9 Å². The van der Waals surface area contributed by atoms with Gasteiger partial charge in [0.05, 0.1) is 6.33 Å². The van der Waals surface area contributed by atoms with Crippen molar-refractivity contribution < 1.29 is 19.4 Å². The Morgan fingerprint density at radius 1 is 1.20 bits per heavy atom. The summed E-state index contributed by atoms with van der Waals surface area (Å²) in [5.74, 6) is -0.298. The van der Waals surface area contributed by atoms with Crippen molar-refractivity contribution in [1.82, 2.24) is 19.5 Å². The summed E-state index contributed by atoms with van der Waals surface area (Å²) < 4.78 is 7.02. The van der Waals surface area contributed by atoms with Gasteiger partial charge in [-0.05, 0) is 34.1 Å². The first kappa shape index (κ1) is 23.4. The van der Waals surface area contributed by atoms with E-state index in [9.17, 15) is 14.7 Å². The van der Waals surface area contributed by atoms with Crippen LogP contribution in [-0.2, 0) is 16.1 Å². The van der Waals surface area contributed by atoms with Crippen LogP contribution in [0.1, 0.15) is 53.9 Å². The Kier molecular flexibility index (Phi) is 7.58. The third-order valence-corrected chi connectivity index (χ3v) is 4.42. The van der Waals surface area contributed by atoms with Crippen molar-refractivity contribution in [3.63, 3.8) is 0 Å². The molecule has 10 nitrogen and oxygen atoms in total. The lowest BCUT2D eigenvalue weighted by Crippen LogP contribution is -2.39. The normalized spacial score (nSPS) is 11.5. The highest BCUT2D eigenvalue weighted by Gasteiger charge is 2.27. The number of carbonyl (C=O) groups is 2. The highest BCUT2D eigenvalue weighted by molar-refractivity contribution is 5.90. The third kappa shape index (κ3) is 5.80. The summed E-state index contributed by atoms with van der Waals surface area (Å²) in [7, 11) is 1.86. The number of aromatic nitrogens is 4. The van der Waals surface area contributed by atoms with Gasteiger partial charge in [-0.25, -0.2) is 14.7 Å². The number of carbonyl (C=O) groups excluding carboxylic acids is 1. The van der Waals surface area contributed by atoms with Crippen LogP contribution in [0, 0.1) is 0 Å². The third-order valence-electron chi connectivity index (χ3n) is 4.42. The van der Waals surface area contributed by atoms with Crippen molar-refractivity contribution >= 4 is 35.0 Å². The van der Waals surface area contributed by atoms with Gasteiger partial charge in [0.15, 0.2) is 17.0 Å². The number of hydrogen-bond acceptors (Lipinski definition) is 7. The molecule has 2 rings (SSSR count). The summed E-state index contributed by atoms with van der Waals surface area (Å²) in [5.41, 5.74) is 0.182. The van der Waals surface area contributed by atoms with Gasteiger partial charge >= 0.3 is 12.1 Å². The second-order valence-corrected chi connectivity index (χ2v) is 8.14. The van der Waals surface area contributed by atoms with E-state index in [1.54, 1.807) is 20.8 Å². The standard InChI is InChI=1S/C20H32N6O4/c1-7-9-10-11-26(19(29)30-20(3,4)5)18-22-16(24(6)8-2)15-17(23-18)25(13-21-15)12-14(27)28/h13H,7-12H2,1-6H3,(H,27,28). The fraction of sp³-hybridized carbons (Fsp3) is 0.650. The fourth-order valence-electron chi connectivity index (χ4n) is 2.83. The molecule has 0 aliphatic heterocycles. The minimum Gasteiger partial charge on any atom is -0.480 e. The van der Waals surface area contributed by atoms with Gasteiger partial charge in [0.2, 0.25) is 5.95 Å². The molecular formula is C20H32N6O4. The molecule has 2 aromatic heterocycles. The summed E-state index contributed by atoms with van der Waals surface area (Å²) in [4.78, 5) is 40.9. The number of nitrogens with zero attached hydrogens (tertiary/aromatic N) is 6. The molecule has 2 aromatic rings. The smallest absolute Gasteiger partial charge is 0.417 e. The van der Waals surface area contributed by atoms with E-state index in [1.807, 2.05) is 18.9 Å². The van der Waals surface area contributed by atoms with Gasteiger partial charge in [-0.3, -0.25) is 4.79 Å². The predicted molar refractivity (Wildman–Crippen MR) is 115 cm³/mol.